The highest BCUT2D eigenvalue weighted by molar-refractivity contribution is 7.84. The summed E-state index contributed by atoms with van der Waals surface area (Å²) in [7, 11) is 0. The SMILES string of the molecule is C/C=C\C=C/C/C=C\C=C/C/C=C\C=C(/C)S. The van der Waals surface area contributed by atoms with Crippen molar-refractivity contribution in [2.24, 2.45) is 0 Å². The van der Waals surface area contributed by atoms with Gasteiger partial charge >= 0.3 is 0 Å². The van der Waals surface area contributed by atoms with E-state index in [4.69, 9.17) is 0 Å². The molecule has 0 radical (unpaired) electrons. The molecule has 0 bridgehead atoms. The first-order valence-electron chi connectivity index (χ1n) is 5.89. The molecule has 0 saturated heterocycles. The van der Waals surface area contributed by atoms with E-state index in [2.05, 4.69) is 55.2 Å². The third-order valence-electron chi connectivity index (χ3n) is 1.84. The number of thiol groups is 1. The van der Waals surface area contributed by atoms with E-state index in [9.17, 15) is 0 Å². The van der Waals surface area contributed by atoms with E-state index in [0.29, 0.717) is 0 Å². The fourth-order valence-corrected chi connectivity index (χ4v) is 1.11. The highest BCUT2D eigenvalue weighted by Crippen LogP contribution is 1.97. The largest absolute Gasteiger partial charge is 0.148 e. The highest BCUT2D eigenvalue weighted by atomic mass is 32.1. The third kappa shape index (κ3) is 14.8. The van der Waals surface area contributed by atoms with Gasteiger partial charge in [0.2, 0.25) is 0 Å². The van der Waals surface area contributed by atoms with Gasteiger partial charge in [-0.25, -0.2) is 0 Å². The summed E-state index contributed by atoms with van der Waals surface area (Å²) in [6.45, 7) is 3.98. The van der Waals surface area contributed by atoms with Gasteiger partial charge in [0.15, 0.2) is 0 Å². The molecule has 0 saturated carbocycles. The molecule has 0 aliphatic carbocycles. The third-order valence-corrected chi connectivity index (χ3v) is 1.99. The molecule has 0 rings (SSSR count). The fraction of sp³-hybridized carbons (Fsp3) is 0.250. The Hall–Kier alpha value is -1.21. The molecule has 0 aromatic rings. The average Bonchev–Trinajstić information content (AvgIpc) is 2.30. The second-order valence-electron chi connectivity index (χ2n) is 3.52. The minimum Gasteiger partial charge on any atom is -0.148 e. The van der Waals surface area contributed by atoms with Gasteiger partial charge in [0.1, 0.15) is 0 Å². The van der Waals surface area contributed by atoms with Crippen LogP contribution >= 0.6 is 12.6 Å². The molecule has 1 heteroatoms. The van der Waals surface area contributed by atoms with Gasteiger partial charge in [-0.2, -0.15) is 0 Å². The lowest BCUT2D eigenvalue weighted by molar-refractivity contribution is 1.37. The second kappa shape index (κ2) is 12.9. The molecule has 0 amide bonds. The van der Waals surface area contributed by atoms with E-state index in [-0.39, 0.29) is 0 Å². The van der Waals surface area contributed by atoms with Crippen LogP contribution in [0.2, 0.25) is 0 Å². The Labute approximate surface area is 111 Å². The summed E-state index contributed by atoms with van der Waals surface area (Å²) in [5, 5.41) is 0. The summed E-state index contributed by atoms with van der Waals surface area (Å²) >= 11 is 4.17. The van der Waals surface area contributed by atoms with Crippen molar-refractivity contribution in [1.29, 1.82) is 0 Å². The molecule has 17 heavy (non-hydrogen) atoms. The van der Waals surface area contributed by atoms with Crippen LogP contribution in [0.4, 0.5) is 0 Å². The highest BCUT2D eigenvalue weighted by Gasteiger charge is 1.72. The fourth-order valence-electron chi connectivity index (χ4n) is 1.03. The Morgan fingerprint density at radius 3 is 1.76 bits per heavy atom. The van der Waals surface area contributed by atoms with Crippen LogP contribution in [-0.2, 0) is 0 Å². The first kappa shape index (κ1) is 15.8. The molecule has 0 unspecified atom stereocenters. The molecule has 0 atom stereocenters. The number of rotatable bonds is 7. The molecule has 0 aliphatic heterocycles. The maximum atomic E-state index is 4.17. The smallest absolute Gasteiger partial charge is 0.0163 e. The Morgan fingerprint density at radius 2 is 1.29 bits per heavy atom. The summed E-state index contributed by atoms with van der Waals surface area (Å²) in [6.07, 6.45) is 24.7. The van der Waals surface area contributed by atoms with Crippen LogP contribution in [0.3, 0.4) is 0 Å². The number of hydrogen-bond donors (Lipinski definition) is 1. The topological polar surface area (TPSA) is 0 Å². The molecule has 0 aliphatic rings. The lowest BCUT2D eigenvalue weighted by Crippen LogP contribution is -1.60. The Balaban J connectivity index is 3.63. The molecule has 0 spiro atoms. The van der Waals surface area contributed by atoms with E-state index in [1.807, 2.05) is 38.2 Å². The summed E-state index contributed by atoms with van der Waals surface area (Å²) in [4.78, 5) is 1.03. The minimum absolute atomic E-state index is 0.955. The Bertz CT molecular complexity index is 335. The number of allylic oxidation sites excluding steroid dienone is 12. The average molecular weight is 246 g/mol. The van der Waals surface area contributed by atoms with E-state index in [0.717, 1.165) is 17.7 Å². The molecule has 0 heterocycles. The Morgan fingerprint density at radius 1 is 0.824 bits per heavy atom. The zero-order chi connectivity index (χ0) is 12.8. The summed E-state index contributed by atoms with van der Waals surface area (Å²) in [6, 6.07) is 0. The molecule has 0 aromatic heterocycles. The molecule has 0 nitrogen and oxygen atoms in total. The first-order valence-corrected chi connectivity index (χ1v) is 6.34. The summed E-state index contributed by atoms with van der Waals surface area (Å²) < 4.78 is 0. The normalized spacial score (nSPS) is 14.4. The zero-order valence-electron chi connectivity index (χ0n) is 10.7. The van der Waals surface area contributed by atoms with Crippen molar-refractivity contribution >= 4 is 12.6 Å². The van der Waals surface area contributed by atoms with Crippen LogP contribution in [0.15, 0.2) is 71.7 Å². The van der Waals surface area contributed by atoms with Crippen molar-refractivity contribution in [3.8, 4) is 0 Å². The summed E-state index contributed by atoms with van der Waals surface area (Å²) in [5.41, 5.74) is 0. The minimum atomic E-state index is 0.955. The van der Waals surface area contributed by atoms with Gasteiger partial charge in [-0.05, 0) is 31.6 Å². The maximum absolute atomic E-state index is 4.17. The van der Waals surface area contributed by atoms with Crippen LogP contribution in [-0.4, -0.2) is 0 Å². The van der Waals surface area contributed by atoms with Crippen LogP contribution < -0.4 is 0 Å². The second-order valence-corrected chi connectivity index (χ2v) is 4.22. The molecular formula is C16H22S. The lowest BCUT2D eigenvalue weighted by Gasteiger charge is -1.82. The van der Waals surface area contributed by atoms with Crippen molar-refractivity contribution in [1.82, 2.24) is 0 Å². The van der Waals surface area contributed by atoms with Crippen LogP contribution in [0.25, 0.3) is 0 Å². The van der Waals surface area contributed by atoms with E-state index < -0.39 is 0 Å². The zero-order valence-corrected chi connectivity index (χ0v) is 11.6. The van der Waals surface area contributed by atoms with E-state index >= 15 is 0 Å². The van der Waals surface area contributed by atoms with Gasteiger partial charge in [0, 0.05) is 0 Å². The van der Waals surface area contributed by atoms with Crippen molar-refractivity contribution in [2.75, 3.05) is 0 Å². The van der Waals surface area contributed by atoms with Gasteiger partial charge in [-0.3, -0.25) is 0 Å². The van der Waals surface area contributed by atoms with Gasteiger partial charge in [-0.1, -0.05) is 66.8 Å². The lowest BCUT2D eigenvalue weighted by atomic mass is 10.3. The van der Waals surface area contributed by atoms with Gasteiger partial charge in [-0.15, -0.1) is 12.6 Å². The predicted molar refractivity (Wildman–Crippen MR) is 83.4 cm³/mol. The van der Waals surface area contributed by atoms with Gasteiger partial charge in [0.25, 0.3) is 0 Å². The van der Waals surface area contributed by atoms with Crippen LogP contribution in [0.1, 0.15) is 26.7 Å². The van der Waals surface area contributed by atoms with Crippen molar-refractivity contribution in [3.63, 3.8) is 0 Å². The summed E-state index contributed by atoms with van der Waals surface area (Å²) in [5.74, 6) is 0. The monoisotopic (exact) mass is 246 g/mol. The van der Waals surface area contributed by atoms with Crippen LogP contribution in [0.5, 0.6) is 0 Å². The van der Waals surface area contributed by atoms with Gasteiger partial charge in [0.05, 0.1) is 0 Å². The molecule has 0 N–H and O–H groups in total. The van der Waals surface area contributed by atoms with Crippen LogP contribution in [0, 0.1) is 0 Å². The quantitative estimate of drug-likeness (QED) is 0.451. The van der Waals surface area contributed by atoms with Gasteiger partial charge < -0.3 is 0 Å². The predicted octanol–water partition coefficient (Wildman–Crippen LogP) is 5.40. The molecule has 92 valence electrons. The molecule has 0 fully saturated rings. The maximum Gasteiger partial charge on any atom is -0.0163 e. The van der Waals surface area contributed by atoms with E-state index in [1.165, 1.54) is 0 Å². The molecule has 0 aromatic carbocycles. The first-order chi connectivity index (χ1) is 8.27. The standard InChI is InChI=1S/C16H22S/c1-3-4-5-6-7-8-9-10-11-12-13-14-15-16(2)17/h3-6,8-11,13-15,17H,7,12H2,1-2H3/b4-3-,6-5-,9-8-,11-10-,14-13-,16-15+. The molecular weight excluding hydrogens is 224 g/mol. The van der Waals surface area contributed by atoms with Crippen molar-refractivity contribution in [3.05, 3.63) is 71.7 Å². The van der Waals surface area contributed by atoms with Crippen molar-refractivity contribution in [2.45, 2.75) is 26.7 Å². The van der Waals surface area contributed by atoms with Crippen molar-refractivity contribution < 1.29 is 0 Å². The van der Waals surface area contributed by atoms with E-state index in [1.54, 1.807) is 0 Å². The Kier molecular flexibility index (Phi) is 11.9. The number of hydrogen-bond acceptors (Lipinski definition) is 1.